The number of likely N-dealkylation sites (tertiary alicyclic amines) is 1. The van der Waals surface area contributed by atoms with Crippen molar-refractivity contribution in [3.8, 4) is 0 Å². The van der Waals surface area contributed by atoms with Crippen molar-refractivity contribution in [3.05, 3.63) is 71.8 Å². The van der Waals surface area contributed by atoms with E-state index in [0.29, 0.717) is 6.26 Å². The van der Waals surface area contributed by atoms with E-state index in [0.717, 1.165) is 6.54 Å². The molecule has 2 atom stereocenters. The average molecular weight is 349 g/mol. The fourth-order valence-electron chi connectivity index (χ4n) is 2.80. The molecule has 0 unspecified atom stereocenters. The summed E-state index contributed by atoms with van der Waals surface area (Å²) >= 11 is 0. The van der Waals surface area contributed by atoms with Gasteiger partial charge in [0.25, 0.3) is 10.1 Å². The van der Waals surface area contributed by atoms with Crippen molar-refractivity contribution in [1.29, 1.82) is 0 Å². The van der Waals surface area contributed by atoms with E-state index in [2.05, 4.69) is 60.4 Å². The second-order valence-electron chi connectivity index (χ2n) is 5.96. The third-order valence-electron chi connectivity index (χ3n) is 4.04. The van der Waals surface area contributed by atoms with Crippen LogP contribution in [0.1, 0.15) is 24.1 Å². The molecule has 6 heteroatoms. The molecule has 5 nitrogen and oxygen atoms in total. The lowest BCUT2D eigenvalue weighted by molar-refractivity contribution is -0.0693. The minimum atomic E-state index is -3.67. The summed E-state index contributed by atoms with van der Waals surface area (Å²) < 4.78 is 25.9. The summed E-state index contributed by atoms with van der Waals surface area (Å²) in [5.41, 5.74) is 2.57. The van der Waals surface area contributed by atoms with Gasteiger partial charge in [0.1, 0.15) is 0 Å². The van der Waals surface area contributed by atoms with Crippen molar-refractivity contribution in [2.24, 2.45) is 0 Å². The molecule has 1 aliphatic heterocycles. The third-order valence-corrected chi connectivity index (χ3v) is 4.04. The van der Waals surface area contributed by atoms with Crippen molar-refractivity contribution in [1.82, 2.24) is 4.90 Å². The van der Waals surface area contributed by atoms with Crippen molar-refractivity contribution >= 4 is 10.1 Å². The van der Waals surface area contributed by atoms with E-state index >= 15 is 0 Å². The molecular weight excluding hydrogens is 326 g/mol. The van der Waals surface area contributed by atoms with Crippen LogP contribution in [0.15, 0.2) is 60.7 Å². The summed E-state index contributed by atoms with van der Waals surface area (Å²) in [6.07, 6.45) is 0.516. The number of aliphatic hydroxyl groups is 1. The van der Waals surface area contributed by atoms with E-state index in [-0.39, 0.29) is 18.2 Å². The highest BCUT2D eigenvalue weighted by molar-refractivity contribution is 7.85. The van der Waals surface area contributed by atoms with E-state index in [1.54, 1.807) is 0 Å². The maximum absolute atomic E-state index is 9.79. The lowest BCUT2D eigenvalue weighted by atomic mass is 9.90. The first-order chi connectivity index (χ1) is 11.3. The van der Waals surface area contributed by atoms with Gasteiger partial charge in [0.15, 0.2) is 0 Å². The summed E-state index contributed by atoms with van der Waals surface area (Å²) in [7, 11) is -3.67. The number of rotatable bonds is 3. The van der Waals surface area contributed by atoms with Gasteiger partial charge in [0.05, 0.1) is 18.4 Å². The van der Waals surface area contributed by atoms with Crippen LogP contribution in [0, 0.1) is 0 Å². The zero-order valence-electron chi connectivity index (χ0n) is 13.8. The fourth-order valence-corrected chi connectivity index (χ4v) is 2.80. The standard InChI is InChI=1S/C17H19NO.CH4O3S/c1-13-16(19)12-18(13)17(14-8-4-2-5-9-14)15-10-6-3-7-11-15;1-5(2,3)4/h2-11,13,16-17,19H,12H2,1H3;1H3,(H,2,3,4)/t13-,16+;/m0./s1. The van der Waals surface area contributed by atoms with Crippen LogP contribution in [0.3, 0.4) is 0 Å². The number of benzene rings is 2. The van der Waals surface area contributed by atoms with Gasteiger partial charge in [-0.2, -0.15) is 8.42 Å². The molecular formula is C18H23NO4S. The van der Waals surface area contributed by atoms with Gasteiger partial charge in [-0.15, -0.1) is 0 Å². The number of β-amino-alcohol motifs (C(OH)–C–C–N with tert-alkyl or cyclic N) is 1. The molecule has 2 N–H and O–H groups in total. The van der Waals surface area contributed by atoms with Crippen molar-refractivity contribution in [2.75, 3.05) is 12.8 Å². The van der Waals surface area contributed by atoms with Gasteiger partial charge in [0.2, 0.25) is 0 Å². The Hall–Kier alpha value is -1.73. The van der Waals surface area contributed by atoms with Crippen LogP contribution in [0.5, 0.6) is 0 Å². The Labute approximate surface area is 143 Å². The molecule has 0 spiro atoms. The molecule has 0 aliphatic carbocycles. The Morgan fingerprint density at radius 2 is 1.38 bits per heavy atom. The SMILES string of the molecule is CS(=O)(=O)O.C[C@H]1[C@H](O)CN1C(c1ccccc1)c1ccccc1. The molecule has 0 amide bonds. The summed E-state index contributed by atoms with van der Waals surface area (Å²) in [5, 5.41) is 9.79. The summed E-state index contributed by atoms with van der Waals surface area (Å²) in [4.78, 5) is 2.36. The van der Waals surface area contributed by atoms with Crippen LogP contribution in [0.25, 0.3) is 0 Å². The molecule has 2 aromatic carbocycles. The van der Waals surface area contributed by atoms with Crippen molar-refractivity contribution in [2.45, 2.75) is 25.1 Å². The average Bonchev–Trinajstić information content (AvgIpc) is 2.55. The van der Waals surface area contributed by atoms with E-state index in [1.807, 2.05) is 12.1 Å². The first-order valence-electron chi connectivity index (χ1n) is 7.73. The van der Waals surface area contributed by atoms with Crippen molar-refractivity contribution < 1.29 is 18.1 Å². The lowest BCUT2D eigenvalue weighted by Gasteiger charge is -2.48. The zero-order chi connectivity index (χ0) is 17.7. The number of hydrogen-bond acceptors (Lipinski definition) is 4. The van der Waals surface area contributed by atoms with Crippen molar-refractivity contribution in [3.63, 3.8) is 0 Å². The molecule has 0 aromatic heterocycles. The fraction of sp³-hybridized carbons (Fsp3) is 0.333. The van der Waals surface area contributed by atoms with E-state index in [9.17, 15) is 13.5 Å². The van der Waals surface area contributed by atoms with Crippen LogP contribution in [-0.4, -0.2) is 47.9 Å². The van der Waals surface area contributed by atoms with Crippen LogP contribution < -0.4 is 0 Å². The molecule has 3 rings (SSSR count). The highest BCUT2D eigenvalue weighted by Crippen LogP contribution is 2.35. The first-order valence-corrected chi connectivity index (χ1v) is 9.58. The van der Waals surface area contributed by atoms with Gasteiger partial charge >= 0.3 is 0 Å². The topological polar surface area (TPSA) is 77.8 Å². The second-order valence-corrected chi connectivity index (χ2v) is 7.43. The normalized spacial score (nSPS) is 20.9. The molecule has 0 bridgehead atoms. The van der Waals surface area contributed by atoms with Crippen LogP contribution in [-0.2, 0) is 10.1 Å². The van der Waals surface area contributed by atoms with Gasteiger partial charge in [-0.05, 0) is 18.1 Å². The Bertz CT molecular complexity index is 687. The lowest BCUT2D eigenvalue weighted by Crippen LogP contribution is -2.59. The maximum atomic E-state index is 9.79. The van der Waals surface area contributed by atoms with Crippen LogP contribution >= 0.6 is 0 Å². The molecule has 2 aromatic rings. The molecule has 1 fully saturated rings. The van der Waals surface area contributed by atoms with Gasteiger partial charge in [-0.3, -0.25) is 9.45 Å². The number of hydrogen-bond donors (Lipinski definition) is 2. The van der Waals surface area contributed by atoms with E-state index in [1.165, 1.54) is 11.1 Å². The highest BCUT2D eigenvalue weighted by Gasteiger charge is 2.39. The largest absolute Gasteiger partial charge is 0.390 e. The van der Waals surface area contributed by atoms with Gasteiger partial charge in [-0.25, -0.2) is 0 Å². The summed E-state index contributed by atoms with van der Waals surface area (Å²) in [5.74, 6) is 0. The first kappa shape index (κ1) is 18.6. The highest BCUT2D eigenvalue weighted by atomic mass is 32.2. The molecule has 130 valence electrons. The molecule has 24 heavy (non-hydrogen) atoms. The second kappa shape index (κ2) is 7.90. The predicted octanol–water partition coefficient (Wildman–Crippen LogP) is 2.34. The zero-order valence-corrected chi connectivity index (χ0v) is 14.6. The quantitative estimate of drug-likeness (QED) is 0.832. The Morgan fingerprint density at radius 1 is 1.00 bits per heavy atom. The number of aliphatic hydroxyl groups excluding tert-OH is 1. The Morgan fingerprint density at radius 3 is 1.67 bits per heavy atom. The molecule has 1 heterocycles. The minimum Gasteiger partial charge on any atom is -0.390 e. The van der Waals surface area contributed by atoms with Crippen LogP contribution in [0.4, 0.5) is 0 Å². The maximum Gasteiger partial charge on any atom is 0.261 e. The van der Waals surface area contributed by atoms with E-state index < -0.39 is 10.1 Å². The third kappa shape index (κ3) is 5.14. The Balaban J connectivity index is 0.000000368. The number of nitrogens with zero attached hydrogens (tertiary/aromatic N) is 1. The van der Waals surface area contributed by atoms with Crippen LogP contribution in [0.2, 0.25) is 0 Å². The van der Waals surface area contributed by atoms with Gasteiger partial charge in [-0.1, -0.05) is 60.7 Å². The van der Waals surface area contributed by atoms with Gasteiger partial charge < -0.3 is 5.11 Å². The minimum absolute atomic E-state index is 0.199. The Kier molecular flexibility index (Phi) is 6.12. The molecule has 1 aliphatic rings. The monoisotopic (exact) mass is 349 g/mol. The summed E-state index contributed by atoms with van der Waals surface area (Å²) in [6.45, 7) is 2.84. The smallest absolute Gasteiger partial charge is 0.261 e. The van der Waals surface area contributed by atoms with E-state index in [4.69, 9.17) is 4.55 Å². The molecule has 1 saturated heterocycles. The molecule has 0 saturated carbocycles. The molecule has 0 radical (unpaired) electrons. The summed E-state index contributed by atoms with van der Waals surface area (Å²) in [6, 6.07) is 21.5. The van der Waals surface area contributed by atoms with Gasteiger partial charge in [0, 0.05) is 12.6 Å². The predicted molar refractivity (Wildman–Crippen MR) is 94.4 cm³/mol.